The Bertz CT molecular complexity index is 1060. The molecular weight excluding hydrogens is 394 g/mol. The van der Waals surface area contributed by atoms with Crippen LogP contribution >= 0.6 is 11.3 Å². The Balaban J connectivity index is 1.34. The maximum atomic E-state index is 6.47. The molecule has 3 aromatic rings. The molecule has 0 bridgehead atoms. The topological polar surface area (TPSA) is 37.3 Å². The summed E-state index contributed by atoms with van der Waals surface area (Å²) in [7, 11) is 0. The molecule has 0 amide bonds. The van der Waals surface area contributed by atoms with Crippen molar-refractivity contribution in [2.45, 2.75) is 18.7 Å². The second-order valence-corrected chi connectivity index (χ2v) is 8.77. The van der Waals surface area contributed by atoms with E-state index in [9.17, 15) is 0 Å². The molecule has 0 N–H and O–H groups in total. The van der Waals surface area contributed by atoms with Crippen molar-refractivity contribution in [1.82, 2.24) is 5.01 Å². The predicted molar refractivity (Wildman–Crippen MR) is 119 cm³/mol. The van der Waals surface area contributed by atoms with E-state index in [1.54, 1.807) is 11.3 Å². The Morgan fingerprint density at radius 1 is 0.933 bits per heavy atom. The first kappa shape index (κ1) is 18.0. The second-order valence-electron chi connectivity index (χ2n) is 7.82. The fraction of sp³-hybridized carbons (Fsp3) is 0.292. The lowest BCUT2D eigenvalue weighted by Gasteiger charge is -2.38. The highest BCUT2D eigenvalue weighted by molar-refractivity contribution is 7.12. The van der Waals surface area contributed by atoms with E-state index in [0.717, 1.165) is 49.7 Å². The Kier molecular flexibility index (Phi) is 4.47. The quantitative estimate of drug-likeness (QED) is 0.612. The van der Waals surface area contributed by atoms with Crippen LogP contribution in [0.4, 0.5) is 5.69 Å². The van der Waals surface area contributed by atoms with Gasteiger partial charge >= 0.3 is 0 Å². The molecule has 3 aliphatic heterocycles. The number of hydrazone groups is 1. The highest BCUT2D eigenvalue weighted by Crippen LogP contribution is 2.47. The zero-order valence-electron chi connectivity index (χ0n) is 16.6. The van der Waals surface area contributed by atoms with Gasteiger partial charge in [-0.1, -0.05) is 36.4 Å². The molecule has 5 nitrogen and oxygen atoms in total. The molecule has 3 aliphatic rings. The van der Waals surface area contributed by atoms with Crippen LogP contribution in [0.5, 0.6) is 5.75 Å². The monoisotopic (exact) mass is 417 g/mol. The summed E-state index contributed by atoms with van der Waals surface area (Å²) in [6.45, 7) is 3.46. The van der Waals surface area contributed by atoms with Crippen LogP contribution in [0, 0.1) is 0 Å². The van der Waals surface area contributed by atoms with Gasteiger partial charge in [0.15, 0.2) is 0 Å². The largest absolute Gasteiger partial charge is 0.464 e. The third kappa shape index (κ3) is 3.07. The number of thiophene rings is 1. The fourth-order valence-corrected chi connectivity index (χ4v) is 5.24. The van der Waals surface area contributed by atoms with Gasteiger partial charge in [0.1, 0.15) is 5.75 Å². The summed E-state index contributed by atoms with van der Waals surface area (Å²) in [6, 6.07) is 21.6. The summed E-state index contributed by atoms with van der Waals surface area (Å²) in [5, 5.41) is 9.30. The molecule has 0 spiro atoms. The van der Waals surface area contributed by atoms with E-state index in [0.29, 0.717) is 0 Å². The first-order chi connectivity index (χ1) is 14.9. The van der Waals surface area contributed by atoms with Crippen LogP contribution < -0.4 is 9.64 Å². The molecule has 1 aromatic heterocycles. The maximum Gasteiger partial charge on any atom is 0.213 e. The minimum Gasteiger partial charge on any atom is -0.464 e. The van der Waals surface area contributed by atoms with Gasteiger partial charge in [0.05, 0.1) is 29.8 Å². The van der Waals surface area contributed by atoms with E-state index < -0.39 is 0 Å². The lowest BCUT2D eigenvalue weighted by Crippen LogP contribution is -2.36. The van der Waals surface area contributed by atoms with Crippen molar-refractivity contribution >= 4 is 22.7 Å². The van der Waals surface area contributed by atoms with Gasteiger partial charge in [-0.3, -0.25) is 0 Å². The minimum atomic E-state index is -0.221. The van der Waals surface area contributed by atoms with Crippen molar-refractivity contribution < 1.29 is 9.47 Å². The molecule has 152 valence electrons. The number of rotatable bonds is 3. The van der Waals surface area contributed by atoms with Crippen LogP contribution in [-0.4, -0.2) is 37.0 Å². The van der Waals surface area contributed by atoms with Crippen molar-refractivity contribution in [2.75, 3.05) is 31.2 Å². The Labute approximate surface area is 180 Å². The lowest BCUT2D eigenvalue weighted by atomic mass is 9.97. The highest BCUT2D eigenvalue weighted by atomic mass is 32.1. The molecular formula is C24H23N3O2S. The van der Waals surface area contributed by atoms with Crippen molar-refractivity contribution in [2.24, 2.45) is 5.10 Å². The molecule has 1 fully saturated rings. The molecule has 30 heavy (non-hydrogen) atoms. The molecule has 2 atom stereocenters. The van der Waals surface area contributed by atoms with Crippen LogP contribution in [0.3, 0.4) is 0 Å². The molecule has 0 radical (unpaired) electrons. The molecule has 0 saturated carbocycles. The number of anilines is 1. The van der Waals surface area contributed by atoms with Crippen LogP contribution in [0.25, 0.3) is 0 Å². The van der Waals surface area contributed by atoms with E-state index in [4.69, 9.17) is 14.6 Å². The van der Waals surface area contributed by atoms with Gasteiger partial charge < -0.3 is 14.4 Å². The van der Waals surface area contributed by atoms with Gasteiger partial charge in [-0.15, -0.1) is 11.3 Å². The van der Waals surface area contributed by atoms with Crippen molar-refractivity contribution in [1.29, 1.82) is 0 Å². The van der Waals surface area contributed by atoms with Crippen molar-refractivity contribution in [3.63, 3.8) is 0 Å². The van der Waals surface area contributed by atoms with Gasteiger partial charge in [-0.25, -0.2) is 5.01 Å². The first-order valence-electron chi connectivity index (χ1n) is 10.4. The third-order valence-corrected chi connectivity index (χ3v) is 6.98. The van der Waals surface area contributed by atoms with Gasteiger partial charge in [0.25, 0.3) is 0 Å². The smallest absolute Gasteiger partial charge is 0.213 e. The van der Waals surface area contributed by atoms with Crippen molar-refractivity contribution in [3.8, 4) is 5.75 Å². The summed E-state index contributed by atoms with van der Waals surface area (Å²) < 4.78 is 12.0. The molecule has 6 heteroatoms. The number of ether oxygens (including phenoxy) is 2. The van der Waals surface area contributed by atoms with Crippen LogP contribution in [0.1, 0.15) is 34.7 Å². The molecule has 1 saturated heterocycles. The van der Waals surface area contributed by atoms with Gasteiger partial charge in [0, 0.05) is 36.3 Å². The molecule has 6 rings (SSSR count). The SMILES string of the molecule is c1csc(C2=NN3[C@@H](C2)c2ccccc2O[C@H]3c2ccc(N3CCOCC3)cc2)c1. The van der Waals surface area contributed by atoms with E-state index in [2.05, 4.69) is 69.9 Å². The van der Waals surface area contributed by atoms with Crippen LogP contribution in [0.15, 0.2) is 71.1 Å². The minimum absolute atomic E-state index is 0.205. The number of fused-ring (bicyclic) bond motifs is 3. The summed E-state index contributed by atoms with van der Waals surface area (Å²) in [4.78, 5) is 3.61. The number of para-hydroxylation sites is 1. The third-order valence-electron chi connectivity index (χ3n) is 6.06. The van der Waals surface area contributed by atoms with E-state index >= 15 is 0 Å². The van der Waals surface area contributed by atoms with Crippen LogP contribution in [0.2, 0.25) is 0 Å². The number of hydrogen-bond donors (Lipinski definition) is 0. The second kappa shape index (κ2) is 7.45. The van der Waals surface area contributed by atoms with E-state index in [1.807, 2.05) is 6.07 Å². The molecule has 2 aromatic carbocycles. The van der Waals surface area contributed by atoms with Gasteiger partial charge in [0.2, 0.25) is 6.23 Å². The summed E-state index contributed by atoms with van der Waals surface area (Å²) in [6.07, 6.45) is 0.685. The Morgan fingerprint density at radius 3 is 2.57 bits per heavy atom. The average Bonchev–Trinajstić information content (AvgIpc) is 3.49. The number of hydrogen-bond acceptors (Lipinski definition) is 6. The lowest BCUT2D eigenvalue weighted by molar-refractivity contribution is -0.0190. The number of morpholine rings is 1. The highest BCUT2D eigenvalue weighted by Gasteiger charge is 2.41. The van der Waals surface area contributed by atoms with Gasteiger partial charge in [-0.05, 0) is 29.6 Å². The van der Waals surface area contributed by atoms with E-state index in [1.165, 1.54) is 16.1 Å². The van der Waals surface area contributed by atoms with Crippen LogP contribution in [-0.2, 0) is 4.74 Å². The molecule has 4 heterocycles. The number of nitrogens with zero attached hydrogens (tertiary/aromatic N) is 3. The summed E-state index contributed by atoms with van der Waals surface area (Å²) >= 11 is 1.75. The zero-order valence-corrected chi connectivity index (χ0v) is 17.4. The summed E-state index contributed by atoms with van der Waals surface area (Å²) in [5.41, 5.74) is 4.72. The number of benzene rings is 2. The average molecular weight is 418 g/mol. The zero-order chi connectivity index (χ0) is 19.9. The molecule has 0 unspecified atom stereocenters. The Hall–Kier alpha value is -2.83. The summed E-state index contributed by atoms with van der Waals surface area (Å²) in [5.74, 6) is 0.962. The standard InChI is InChI=1S/C24H23N3O2S/c1-2-5-22-19(4-1)21-16-20(23-6-3-15-30-23)25-27(21)24(29-22)17-7-9-18(10-8-17)26-11-13-28-14-12-26/h1-10,15,21,24H,11-14,16H2/t21-,24-/m0/s1. The van der Waals surface area contributed by atoms with Gasteiger partial charge in [-0.2, -0.15) is 5.10 Å². The van der Waals surface area contributed by atoms with E-state index in [-0.39, 0.29) is 12.3 Å². The maximum absolute atomic E-state index is 6.47. The fourth-order valence-electron chi connectivity index (χ4n) is 4.52. The first-order valence-corrected chi connectivity index (χ1v) is 11.3. The normalized spacial score (nSPS) is 22.9. The van der Waals surface area contributed by atoms with Crippen molar-refractivity contribution in [3.05, 3.63) is 82.0 Å². The Morgan fingerprint density at radius 2 is 1.77 bits per heavy atom. The molecule has 0 aliphatic carbocycles. The predicted octanol–water partition coefficient (Wildman–Crippen LogP) is 4.83.